The van der Waals surface area contributed by atoms with Gasteiger partial charge in [-0.05, 0) is 48.9 Å². The number of primary amides is 1. The Balaban J connectivity index is 1.84. The average Bonchev–Trinajstić information content (AvgIpc) is 3.08. The van der Waals surface area contributed by atoms with Crippen LogP contribution in [0.4, 0.5) is 0 Å². The molecule has 0 saturated heterocycles. The molecule has 4 unspecified atom stereocenters. The highest BCUT2D eigenvalue weighted by Gasteiger charge is 2.45. The van der Waals surface area contributed by atoms with Gasteiger partial charge in [0.25, 0.3) is 0 Å². The highest BCUT2D eigenvalue weighted by molar-refractivity contribution is 5.77. The van der Waals surface area contributed by atoms with Gasteiger partial charge < -0.3 is 11.1 Å². The van der Waals surface area contributed by atoms with Crippen molar-refractivity contribution in [3.8, 4) is 0 Å². The molecule has 2 aliphatic carbocycles. The maximum absolute atomic E-state index is 12.4. The van der Waals surface area contributed by atoms with Crippen molar-refractivity contribution >= 4 is 11.8 Å². The summed E-state index contributed by atoms with van der Waals surface area (Å²) >= 11 is 0. The Morgan fingerprint density at radius 2 is 1.65 bits per heavy atom. The molecule has 23 heavy (non-hydrogen) atoms. The summed E-state index contributed by atoms with van der Waals surface area (Å²) in [6.07, 6.45) is 11.2. The molecule has 0 radical (unpaired) electrons. The van der Waals surface area contributed by atoms with Gasteiger partial charge in [-0.3, -0.25) is 9.59 Å². The van der Waals surface area contributed by atoms with E-state index in [9.17, 15) is 9.59 Å². The Kier molecular flexibility index (Phi) is 6.67. The van der Waals surface area contributed by atoms with E-state index in [4.69, 9.17) is 5.73 Å². The zero-order valence-corrected chi connectivity index (χ0v) is 14.6. The summed E-state index contributed by atoms with van der Waals surface area (Å²) in [4.78, 5) is 23.7. The Morgan fingerprint density at radius 1 is 1.09 bits per heavy atom. The molecule has 0 spiro atoms. The van der Waals surface area contributed by atoms with E-state index in [0.717, 1.165) is 13.0 Å². The minimum Gasteiger partial charge on any atom is -0.370 e. The number of nitrogens with one attached hydrogen (secondary N) is 1. The third kappa shape index (κ3) is 4.82. The van der Waals surface area contributed by atoms with Gasteiger partial charge in [-0.15, -0.1) is 0 Å². The fraction of sp³-hybridized carbons (Fsp3) is 0.789. The fourth-order valence-electron chi connectivity index (χ4n) is 4.57. The second kappa shape index (κ2) is 8.51. The van der Waals surface area contributed by atoms with E-state index in [2.05, 4.69) is 31.3 Å². The Morgan fingerprint density at radius 3 is 2.17 bits per heavy atom. The molecular formula is C19H32N2O2. The molecule has 0 aromatic carbocycles. The van der Waals surface area contributed by atoms with Crippen molar-refractivity contribution in [3.63, 3.8) is 0 Å². The van der Waals surface area contributed by atoms with Gasteiger partial charge in [-0.2, -0.15) is 0 Å². The summed E-state index contributed by atoms with van der Waals surface area (Å²) in [5.41, 5.74) is 5.40. The van der Waals surface area contributed by atoms with Crippen LogP contribution in [0.15, 0.2) is 12.2 Å². The molecule has 1 saturated carbocycles. The van der Waals surface area contributed by atoms with Crippen molar-refractivity contribution in [1.82, 2.24) is 5.32 Å². The minimum atomic E-state index is -0.243. The van der Waals surface area contributed by atoms with Crippen LogP contribution >= 0.6 is 0 Å². The quantitative estimate of drug-likeness (QED) is 0.607. The largest absolute Gasteiger partial charge is 0.370 e. The highest BCUT2D eigenvalue weighted by atomic mass is 16.2. The zero-order valence-electron chi connectivity index (χ0n) is 14.6. The standard InChI is InChI=1S/C19H32N2O2/c1-3-5-13(6-4-2)12-21-19(23)11-17-15-8-7-14(9-15)16(17)10-18(20)22/h7-8,13-17H,3-6,9-12H2,1-2H3,(H2,20,22)(H,21,23). The molecule has 4 atom stereocenters. The van der Waals surface area contributed by atoms with Crippen LogP contribution in [0.5, 0.6) is 0 Å². The summed E-state index contributed by atoms with van der Waals surface area (Å²) in [6.45, 7) is 5.18. The molecule has 1 fully saturated rings. The first-order valence-corrected chi connectivity index (χ1v) is 9.28. The number of rotatable bonds is 10. The number of carbonyl (C=O) groups excluding carboxylic acids is 2. The van der Waals surface area contributed by atoms with Gasteiger partial charge in [-0.25, -0.2) is 0 Å². The molecule has 0 heterocycles. The first-order chi connectivity index (χ1) is 11.0. The van der Waals surface area contributed by atoms with Crippen molar-refractivity contribution in [2.45, 2.75) is 58.8 Å². The topological polar surface area (TPSA) is 72.2 Å². The number of hydrogen-bond donors (Lipinski definition) is 2. The van der Waals surface area contributed by atoms with Crippen LogP contribution in [0.3, 0.4) is 0 Å². The number of allylic oxidation sites excluding steroid dienone is 2. The predicted molar refractivity (Wildman–Crippen MR) is 92.5 cm³/mol. The molecule has 2 rings (SSSR count). The molecule has 4 heteroatoms. The molecule has 3 N–H and O–H groups in total. The Hall–Kier alpha value is -1.32. The predicted octanol–water partition coefficient (Wildman–Crippen LogP) is 3.02. The van der Waals surface area contributed by atoms with Gasteiger partial charge in [0.15, 0.2) is 0 Å². The number of hydrogen-bond acceptors (Lipinski definition) is 2. The van der Waals surface area contributed by atoms with E-state index in [0.29, 0.717) is 30.6 Å². The summed E-state index contributed by atoms with van der Waals surface area (Å²) in [5.74, 6) is 1.93. The highest BCUT2D eigenvalue weighted by Crippen LogP contribution is 2.50. The Bertz CT molecular complexity index is 441. The molecule has 2 amide bonds. The molecule has 130 valence electrons. The smallest absolute Gasteiger partial charge is 0.220 e. The van der Waals surface area contributed by atoms with Crippen LogP contribution in [-0.4, -0.2) is 18.4 Å². The number of amides is 2. The molecule has 2 bridgehead atoms. The van der Waals surface area contributed by atoms with Crippen LogP contribution in [0.25, 0.3) is 0 Å². The number of carbonyl (C=O) groups is 2. The van der Waals surface area contributed by atoms with Crippen LogP contribution in [-0.2, 0) is 9.59 Å². The van der Waals surface area contributed by atoms with Gasteiger partial charge in [0.1, 0.15) is 0 Å². The third-order valence-corrected chi connectivity index (χ3v) is 5.64. The van der Waals surface area contributed by atoms with E-state index >= 15 is 0 Å². The van der Waals surface area contributed by atoms with Crippen molar-refractivity contribution < 1.29 is 9.59 Å². The van der Waals surface area contributed by atoms with Crippen LogP contribution in [0.1, 0.15) is 58.8 Å². The summed E-state index contributed by atoms with van der Waals surface area (Å²) in [7, 11) is 0. The minimum absolute atomic E-state index is 0.141. The van der Waals surface area contributed by atoms with Crippen molar-refractivity contribution in [2.24, 2.45) is 35.3 Å². The normalized spacial score (nSPS) is 28.5. The summed E-state index contributed by atoms with van der Waals surface area (Å²) < 4.78 is 0. The van der Waals surface area contributed by atoms with E-state index in [1.54, 1.807) is 0 Å². The first kappa shape index (κ1) is 18.0. The Labute approximate surface area is 140 Å². The van der Waals surface area contributed by atoms with E-state index in [-0.39, 0.29) is 23.7 Å². The lowest BCUT2D eigenvalue weighted by molar-refractivity contribution is -0.124. The van der Waals surface area contributed by atoms with Crippen molar-refractivity contribution in [1.29, 1.82) is 0 Å². The van der Waals surface area contributed by atoms with Gasteiger partial charge in [0, 0.05) is 19.4 Å². The average molecular weight is 320 g/mol. The molecule has 0 aromatic rings. The molecular weight excluding hydrogens is 288 g/mol. The van der Waals surface area contributed by atoms with E-state index in [1.165, 1.54) is 25.7 Å². The fourth-order valence-corrected chi connectivity index (χ4v) is 4.57. The molecule has 0 aromatic heterocycles. The molecule has 4 nitrogen and oxygen atoms in total. The lowest BCUT2D eigenvalue weighted by Gasteiger charge is -2.27. The van der Waals surface area contributed by atoms with Gasteiger partial charge in [0.05, 0.1) is 0 Å². The van der Waals surface area contributed by atoms with Gasteiger partial charge >= 0.3 is 0 Å². The van der Waals surface area contributed by atoms with E-state index in [1.807, 2.05) is 0 Å². The maximum Gasteiger partial charge on any atom is 0.220 e. The number of nitrogens with two attached hydrogens (primary N) is 1. The molecule has 2 aliphatic rings. The lowest BCUT2D eigenvalue weighted by atomic mass is 9.79. The second-order valence-electron chi connectivity index (χ2n) is 7.40. The van der Waals surface area contributed by atoms with Crippen LogP contribution < -0.4 is 11.1 Å². The second-order valence-corrected chi connectivity index (χ2v) is 7.40. The maximum atomic E-state index is 12.4. The number of fused-ring (bicyclic) bond motifs is 2. The first-order valence-electron chi connectivity index (χ1n) is 9.28. The van der Waals surface area contributed by atoms with Crippen LogP contribution in [0, 0.1) is 29.6 Å². The van der Waals surface area contributed by atoms with Gasteiger partial charge in [-0.1, -0.05) is 38.8 Å². The zero-order chi connectivity index (χ0) is 16.8. The molecule has 0 aliphatic heterocycles. The van der Waals surface area contributed by atoms with Gasteiger partial charge in [0.2, 0.25) is 11.8 Å². The van der Waals surface area contributed by atoms with E-state index < -0.39 is 0 Å². The SMILES string of the molecule is CCCC(CCC)CNC(=O)CC1C2C=CC(C2)C1CC(N)=O. The van der Waals surface area contributed by atoms with Crippen molar-refractivity contribution in [2.75, 3.05) is 6.54 Å². The summed E-state index contributed by atoms with van der Waals surface area (Å²) in [6, 6.07) is 0. The van der Waals surface area contributed by atoms with Crippen molar-refractivity contribution in [3.05, 3.63) is 12.2 Å². The lowest BCUT2D eigenvalue weighted by Crippen LogP contribution is -2.34. The third-order valence-electron chi connectivity index (χ3n) is 5.64. The van der Waals surface area contributed by atoms with Crippen LogP contribution in [0.2, 0.25) is 0 Å². The summed E-state index contributed by atoms with van der Waals surface area (Å²) in [5, 5.41) is 3.13. The monoisotopic (exact) mass is 320 g/mol.